The molecule has 0 aromatic heterocycles. The predicted octanol–water partition coefficient (Wildman–Crippen LogP) is 1.18. The molecule has 150 valence electrons. The number of nitrogens with one attached hydrogen (secondary N) is 1. The van der Waals surface area contributed by atoms with E-state index in [0.29, 0.717) is 32.4 Å². The van der Waals surface area contributed by atoms with E-state index in [1.165, 1.54) is 4.90 Å². The number of carboxylic acid groups (broad SMARTS) is 2. The molecule has 1 aliphatic heterocycles. The van der Waals surface area contributed by atoms with Crippen LogP contribution < -0.4 is 11.1 Å². The molecule has 1 rings (SSSR count). The summed E-state index contributed by atoms with van der Waals surface area (Å²) in [7, 11) is 0. The van der Waals surface area contributed by atoms with E-state index in [-0.39, 0.29) is 5.91 Å². The van der Waals surface area contributed by atoms with Crippen LogP contribution in [0.4, 0.5) is 0 Å². The zero-order valence-corrected chi connectivity index (χ0v) is 15.7. The largest absolute Gasteiger partial charge is 0.480 e. The number of hydrogen-bond acceptors (Lipinski definition) is 5. The number of aliphatic carboxylic acids is 2. The molecule has 5 N–H and O–H groups in total. The van der Waals surface area contributed by atoms with Crippen molar-refractivity contribution in [2.45, 2.75) is 82.8 Å². The van der Waals surface area contributed by atoms with Crippen molar-refractivity contribution in [1.29, 1.82) is 0 Å². The molecule has 26 heavy (non-hydrogen) atoms. The van der Waals surface area contributed by atoms with Crippen LogP contribution in [0.2, 0.25) is 0 Å². The van der Waals surface area contributed by atoms with Crippen molar-refractivity contribution < 1.29 is 24.6 Å². The third kappa shape index (κ3) is 7.29. The van der Waals surface area contributed by atoms with Gasteiger partial charge in [-0.2, -0.15) is 0 Å². The lowest BCUT2D eigenvalue weighted by Crippen LogP contribution is -2.55. The Morgan fingerprint density at radius 2 is 1.77 bits per heavy atom. The Morgan fingerprint density at radius 3 is 2.38 bits per heavy atom. The second-order valence-electron chi connectivity index (χ2n) is 7.01. The van der Waals surface area contributed by atoms with E-state index in [0.717, 1.165) is 38.5 Å². The fourth-order valence-electron chi connectivity index (χ4n) is 3.38. The van der Waals surface area contributed by atoms with Crippen molar-refractivity contribution in [1.82, 2.24) is 10.2 Å². The normalized spacial score (nSPS) is 21.2. The average Bonchev–Trinajstić information content (AvgIpc) is 2.71. The number of carbonyl (C=O) groups is 3. The summed E-state index contributed by atoms with van der Waals surface area (Å²) in [5.41, 5.74) is 5.44. The lowest BCUT2D eigenvalue weighted by molar-refractivity contribution is -0.152. The minimum atomic E-state index is -1.01. The molecule has 1 unspecified atom stereocenters. The molecule has 0 radical (unpaired) electrons. The summed E-state index contributed by atoms with van der Waals surface area (Å²) in [6.07, 6.45) is 6.73. The van der Waals surface area contributed by atoms with E-state index in [2.05, 4.69) is 5.32 Å². The number of carboxylic acids is 2. The zero-order chi connectivity index (χ0) is 19.5. The lowest BCUT2D eigenvalue weighted by atomic mass is 10.1. The van der Waals surface area contributed by atoms with Crippen LogP contribution in [0.15, 0.2) is 0 Å². The number of hydrogen-bond donors (Lipinski definition) is 4. The predicted molar refractivity (Wildman–Crippen MR) is 97.8 cm³/mol. The fraction of sp³-hybridized carbons (Fsp3) is 0.833. The van der Waals surface area contributed by atoms with Crippen LogP contribution in [0, 0.1) is 0 Å². The van der Waals surface area contributed by atoms with Gasteiger partial charge >= 0.3 is 11.9 Å². The van der Waals surface area contributed by atoms with Gasteiger partial charge in [0, 0.05) is 6.54 Å². The van der Waals surface area contributed by atoms with Gasteiger partial charge in [-0.15, -0.1) is 0 Å². The van der Waals surface area contributed by atoms with Crippen molar-refractivity contribution in [2.24, 2.45) is 5.73 Å². The van der Waals surface area contributed by atoms with Crippen LogP contribution in [-0.2, 0) is 14.4 Å². The summed E-state index contributed by atoms with van der Waals surface area (Å²) in [6.45, 7) is 2.49. The first-order valence-electron chi connectivity index (χ1n) is 9.60. The van der Waals surface area contributed by atoms with Crippen LogP contribution in [-0.4, -0.2) is 64.2 Å². The molecule has 0 saturated carbocycles. The summed E-state index contributed by atoms with van der Waals surface area (Å²) >= 11 is 0. The third-order valence-corrected chi connectivity index (χ3v) is 4.89. The van der Waals surface area contributed by atoms with Crippen molar-refractivity contribution in [3.8, 4) is 0 Å². The van der Waals surface area contributed by atoms with Gasteiger partial charge in [-0.25, -0.2) is 4.79 Å². The average molecular weight is 371 g/mol. The molecule has 1 heterocycles. The van der Waals surface area contributed by atoms with Crippen LogP contribution in [0.5, 0.6) is 0 Å². The van der Waals surface area contributed by atoms with Gasteiger partial charge in [-0.3, -0.25) is 14.9 Å². The zero-order valence-electron chi connectivity index (χ0n) is 15.7. The van der Waals surface area contributed by atoms with Crippen molar-refractivity contribution in [3.63, 3.8) is 0 Å². The monoisotopic (exact) mass is 371 g/mol. The summed E-state index contributed by atoms with van der Waals surface area (Å²) in [4.78, 5) is 37.4. The maximum Gasteiger partial charge on any atom is 0.326 e. The quantitative estimate of drug-likeness (QED) is 0.447. The van der Waals surface area contributed by atoms with Crippen molar-refractivity contribution >= 4 is 17.8 Å². The highest BCUT2D eigenvalue weighted by Gasteiger charge is 2.33. The van der Waals surface area contributed by atoms with E-state index >= 15 is 0 Å². The van der Waals surface area contributed by atoms with E-state index < -0.39 is 30.1 Å². The molecule has 0 aromatic carbocycles. The first-order chi connectivity index (χ1) is 12.4. The molecule has 8 nitrogen and oxygen atoms in total. The fourth-order valence-corrected chi connectivity index (χ4v) is 3.38. The van der Waals surface area contributed by atoms with Gasteiger partial charge in [0.2, 0.25) is 5.91 Å². The van der Waals surface area contributed by atoms with Gasteiger partial charge in [0.1, 0.15) is 12.1 Å². The van der Waals surface area contributed by atoms with Crippen molar-refractivity contribution in [3.05, 3.63) is 0 Å². The molecule has 8 heteroatoms. The van der Waals surface area contributed by atoms with Gasteiger partial charge in [0.25, 0.3) is 0 Å². The van der Waals surface area contributed by atoms with Gasteiger partial charge in [-0.05, 0) is 39.2 Å². The third-order valence-electron chi connectivity index (χ3n) is 4.89. The first kappa shape index (κ1) is 22.4. The number of amides is 1. The van der Waals surface area contributed by atoms with Gasteiger partial charge in [-0.1, -0.05) is 32.1 Å². The molecule has 0 aromatic rings. The first-order valence-corrected chi connectivity index (χ1v) is 9.60. The Balaban J connectivity index is 2.79. The van der Waals surface area contributed by atoms with E-state index in [1.54, 1.807) is 6.92 Å². The SMILES string of the molecule is C[C@H](N[C@@H](CCCCN)C(=O)O)C(=O)N1CCCCCCCC1C(=O)O. The van der Waals surface area contributed by atoms with E-state index in [1.807, 2.05) is 0 Å². The molecule has 1 saturated heterocycles. The van der Waals surface area contributed by atoms with Crippen LogP contribution in [0.3, 0.4) is 0 Å². The highest BCUT2D eigenvalue weighted by atomic mass is 16.4. The van der Waals surface area contributed by atoms with Crippen LogP contribution in [0.25, 0.3) is 0 Å². The smallest absolute Gasteiger partial charge is 0.326 e. The molecular weight excluding hydrogens is 338 g/mol. The number of nitrogens with two attached hydrogens (primary N) is 1. The summed E-state index contributed by atoms with van der Waals surface area (Å²) in [5, 5.41) is 21.8. The van der Waals surface area contributed by atoms with E-state index in [4.69, 9.17) is 5.73 Å². The van der Waals surface area contributed by atoms with Gasteiger partial charge in [0.05, 0.1) is 6.04 Å². The minimum absolute atomic E-state index is 0.343. The molecule has 1 fully saturated rings. The maximum absolute atomic E-state index is 12.9. The highest BCUT2D eigenvalue weighted by molar-refractivity contribution is 5.87. The van der Waals surface area contributed by atoms with Crippen LogP contribution >= 0.6 is 0 Å². The molecule has 0 spiro atoms. The highest BCUT2D eigenvalue weighted by Crippen LogP contribution is 2.18. The Bertz CT molecular complexity index is 472. The van der Waals surface area contributed by atoms with Crippen LogP contribution in [0.1, 0.15) is 64.7 Å². The summed E-state index contributed by atoms with van der Waals surface area (Å²) in [5.74, 6) is -2.35. The standard InChI is InChI=1S/C18H33N3O5/c1-13(20-14(17(23)24)9-6-7-11-19)16(22)21-12-8-4-2-3-5-10-15(21)18(25)26/h13-15,20H,2-12,19H2,1H3,(H,23,24)(H,25,26)/t13-,14-,15?/m0/s1. The summed E-state index contributed by atoms with van der Waals surface area (Å²) < 4.78 is 0. The molecular formula is C18H33N3O5. The van der Waals surface area contributed by atoms with Gasteiger partial charge in [0.15, 0.2) is 0 Å². The summed E-state index contributed by atoms with van der Waals surface area (Å²) in [6, 6.07) is -2.44. The lowest BCUT2D eigenvalue weighted by Gasteiger charge is -2.32. The van der Waals surface area contributed by atoms with Crippen molar-refractivity contribution in [2.75, 3.05) is 13.1 Å². The maximum atomic E-state index is 12.9. The number of nitrogens with zero attached hydrogens (tertiary/aromatic N) is 1. The Labute approximate surface area is 155 Å². The molecule has 1 aliphatic rings. The minimum Gasteiger partial charge on any atom is -0.480 e. The Kier molecular flexibility index (Phi) is 10.2. The number of carbonyl (C=O) groups excluding carboxylic acids is 1. The van der Waals surface area contributed by atoms with Gasteiger partial charge < -0.3 is 20.8 Å². The number of rotatable bonds is 9. The Hall–Kier alpha value is -1.67. The Morgan fingerprint density at radius 1 is 1.12 bits per heavy atom. The molecule has 1 amide bonds. The second-order valence-corrected chi connectivity index (χ2v) is 7.01. The second kappa shape index (κ2) is 11.9. The molecule has 3 atom stereocenters. The topological polar surface area (TPSA) is 133 Å². The number of unbranched alkanes of at least 4 members (excludes halogenated alkanes) is 1. The van der Waals surface area contributed by atoms with E-state index in [9.17, 15) is 24.6 Å². The molecule has 0 aliphatic carbocycles. The molecule has 0 bridgehead atoms.